The number of piperidine rings is 1. The Morgan fingerprint density at radius 3 is 2.50 bits per heavy atom. The molecule has 0 radical (unpaired) electrons. The fourth-order valence-electron chi connectivity index (χ4n) is 2.01. The monoisotopic (exact) mass is 263 g/mol. The zero-order chi connectivity index (χ0) is 10.7. The smallest absolute Gasteiger partial charge is 0.142 e. The largest absolute Gasteiger partial charge is 0.299 e. The molecule has 90 valence electrons. The quantitative estimate of drug-likeness (QED) is 0.783. The number of hydrogen-bond donors (Lipinski definition) is 0. The van der Waals surface area contributed by atoms with E-state index in [4.69, 9.17) is 11.6 Å². The molecule has 0 aliphatic carbocycles. The fourth-order valence-corrected chi connectivity index (χ4v) is 2.13. The standard InChI is InChI=1S/C12H15ClFN.ClH/c13-11-5-4-10(8-12(11)14)9-15-6-2-1-3-7-15;/h4-5,8H,1-3,6-7,9H2;1H. The molecule has 0 N–H and O–H groups in total. The van der Waals surface area contributed by atoms with Gasteiger partial charge in [0.05, 0.1) is 5.02 Å². The van der Waals surface area contributed by atoms with Gasteiger partial charge in [0.2, 0.25) is 0 Å². The van der Waals surface area contributed by atoms with E-state index < -0.39 is 0 Å². The number of hydrogen-bond acceptors (Lipinski definition) is 1. The van der Waals surface area contributed by atoms with Crippen LogP contribution in [0, 0.1) is 5.82 Å². The Morgan fingerprint density at radius 1 is 1.19 bits per heavy atom. The molecule has 1 aromatic carbocycles. The van der Waals surface area contributed by atoms with Crippen molar-refractivity contribution in [3.05, 3.63) is 34.6 Å². The third kappa shape index (κ3) is 3.62. The van der Waals surface area contributed by atoms with Gasteiger partial charge < -0.3 is 0 Å². The van der Waals surface area contributed by atoms with E-state index in [9.17, 15) is 4.39 Å². The summed E-state index contributed by atoms with van der Waals surface area (Å²) >= 11 is 5.63. The molecule has 0 atom stereocenters. The van der Waals surface area contributed by atoms with E-state index in [1.807, 2.05) is 6.07 Å². The van der Waals surface area contributed by atoms with Gasteiger partial charge in [-0.2, -0.15) is 0 Å². The van der Waals surface area contributed by atoms with Crippen LogP contribution in [0.4, 0.5) is 4.39 Å². The minimum Gasteiger partial charge on any atom is -0.299 e. The molecule has 0 unspecified atom stereocenters. The second kappa shape index (κ2) is 6.43. The third-order valence-electron chi connectivity index (χ3n) is 2.84. The Labute approximate surface area is 107 Å². The van der Waals surface area contributed by atoms with Gasteiger partial charge in [-0.1, -0.05) is 24.1 Å². The molecule has 1 heterocycles. The molecule has 1 aromatic rings. The predicted molar refractivity (Wildman–Crippen MR) is 67.8 cm³/mol. The third-order valence-corrected chi connectivity index (χ3v) is 3.15. The highest BCUT2D eigenvalue weighted by molar-refractivity contribution is 6.30. The van der Waals surface area contributed by atoms with Crippen molar-refractivity contribution in [2.45, 2.75) is 25.8 Å². The number of benzene rings is 1. The van der Waals surface area contributed by atoms with E-state index in [-0.39, 0.29) is 23.2 Å². The minimum absolute atomic E-state index is 0. The normalized spacial score (nSPS) is 16.9. The summed E-state index contributed by atoms with van der Waals surface area (Å²) in [5.74, 6) is -0.314. The first-order valence-corrected chi connectivity index (χ1v) is 5.80. The van der Waals surface area contributed by atoms with E-state index in [1.54, 1.807) is 6.07 Å². The van der Waals surface area contributed by atoms with Gasteiger partial charge >= 0.3 is 0 Å². The summed E-state index contributed by atoms with van der Waals surface area (Å²) in [5, 5.41) is 0.206. The van der Waals surface area contributed by atoms with Crippen molar-refractivity contribution in [2.24, 2.45) is 0 Å². The van der Waals surface area contributed by atoms with Crippen LogP contribution in [-0.4, -0.2) is 18.0 Å². The molecule has 0 aromatic heterocycles. The van der Waals surface area contributed by atoms with Gasteiger partial charge in [0, 0.05) is 6.54 Å². The molecule has 16 heavy (non-hydrogen) atoms. The first kappa shape index (κ1) is 13.8. The SMILES string of the molecule is Cl.Fc1cc(CN2CCCCC2)ccc1Cl. The Bertz CT molecular complexity index is 338. The van der Waals surface area contributed by atoms with Crippen molar-refractivity contribution < 1.29 is 4.39 Å². The van der Waals surface area contributed by atoms with Crippen LogP contribution >= 0.6 is 24.0 Å². The molecule has 0 amide bonds. The second-order valence-corrected chi connectivity index (χ2v) is 4.49. The molecular formula is C12H16Cl2FN. The molecule has 1 saturated heterocycles. The van der Waals surface area contributed by atoms with Crippen molar-refractivity contribution in [3.63, 3.8) is 0 Å². The van der Waals surface area contributed by atoms with Gasteiger partial charge in [-0.25, -0.2) is 4.39 Å². The van der Waals surface area contributed by atoms with E-state index in [2.05, 4.69) is 4.90 Å². The average Bonchev–Trinajstić information content (AvgIpc) is 2.25. The van der Waals surface area contributed by atoms with E-state index in [0.717, 1.165) is 25.2 Å². The summed E-state index contributed by atoms with van der Waals surface area (Å²) < 4.78 is 13.2. The number of nitrogens with zero attached hydrogens (tertiary/aromatic N) is 1. The Balaban J connectivity index is 0.00000128. The van der Waals surface area contributed by atoms with Crippen LogP contribution < -0.4 is 0 Å². The summed E-state index contributed by atoms with van der Waals surface area (Å²) in [6.07, 6.45) is 3.84. The second-order valence-electron chi connectivity index (χ2n) is 4.09. The molecule has 0 saturated carbocycles. The van der Waals surface area contributed by atoms with Gasteiger partial charge in [0.25, 0.3) is 0 Å². The van der Waals surface area contributed by atoms with Crippen LogP contribution in [0.1, 0.15) is 24.8 Å². The maximum atomic E-state index is 13.2. The lowest BCUT2D eigenvalue weighted by Gasteiger charge is -2.26. The first-order valence-electron chi connectivity index (χ1n) is 5.42. The van der Waals surface area contributed by atoms with Gasteiger partial charge in [-0.3, -0.25) is 4.90 Å². The number of rotatable bonds is 2. The van der Waals surface area contributed by atoms with Crippen LogP contribution in [0.2, 0.25) is 5.02 Å². The number of halogens is 3. The van der Waals surface area contributed by atoms with E-state index in [1.165, 1.54) is 25.3 Å². The summed E-state index contributed by atoms with van der Waals surface area (Å²) in [7, 11) is 0. The van der Waals surface area contributed by atoms with Crippen LogP contribution in [0.5, 0.6) is 0 Å². The van der Waals surface area contributed by atoms with Crippen LogP contribution in [0.15, 0.2) is 18.2 Å². The summed E-state index contributed by atoms with van der Waals surface area (Å²) in [5.41, 5.74) is 1.01. The Hall–Kier alpha value is -0.310. The molecular weight excluding hydrogens is 248 g/mol. The molecule has 1 aliphatic heterocycles. The lowest BCUT2D eigenvalue weighted by Crippen LogP contribution is -2.29. The fraction of sp³-hybridized carbons (Fsp3) is 0.500. The van der Waals surface area contributed by atoms with E-state index in [0.29, 0.717) is 0 Å². The maximum Gasteiger partial charge on any atom is 0.142 e. The molecule has 0 bridgehead atoms. The zero-order valence-corrected chi connectivity index (χ0v) is 10.7. The van der Waals surface area contributed by atoms with Gasteiger partial charge in [0.1, 0.15) is 5.82 Å². The topological polar surface area (TPSA) is 3.24 Å². The predicted octanol–water partition coefficient (Wildman–Crippen LogP) is 3.89. The summed E-state index contributed by atoms with van der Waals surface area (Å²) in [4.78, 5) is 2.37. The van der Waals surface area contributed by atoms with Crippen molar-refractivity contribution >= 4 is 24.0 Å². The molecule has 0 spiro atoms. The summed E-state index contributed by atoms with van der Waals surface area (Å²) in [6, 6.07) is 5.08. The lowest BCUT2D eigenvalue weighted by molar-refractivity contribution is 0.220. The molecule has 1 aliphatic rings. The highest BCUT2D eigenvalue weighted by Gasteiger charge is 2.11. The first-order chi connectivity index (χ1) is 7.25. The highest BCUT2D eigenvalue weighted by atomic mass is 35.5. The van der Waals surface area contributed by atoms with Gasteiger partial charge in [-0.05, 0) is 43.6 Å². The Kier molecular flexibility index (Phi) is 5.53. The molecule has 4 heteroatoms. The minimum atomic E-state index is -0.314. The van der Waals surface area contributed by atoms with Gasteiger partial charge in [-0.15, -0.1) is 12.4 Å². The lowest BCUT2D eigenvalue weighted by atomic mass is 10.1. The van der Waals surface area contributed by atoms with Crippen LogP contribution in [0.25, 0.3) is 0 Å². The Morgan fingerprint density at radius 2 is 1.88 bits per heavy atom. The van der Waals surface area contributed by atoms with Crippen molar-refractivity contribution in [2.75, 3.05) is 13.1 Å². The molecule has 1 fully saturated rings. The van der Waals surface area contributed by atoms with Crippen LogP contribution in [0.3, 0.4) is 0 Å². The molecule has 1 nitrogen and oxygen atoms in total. The van der Waals surface area contributed by atoms with E-state index >= 15 is 0 Å². The summed E-state index contributed by atoms with van der Waals surface area (Å²) in [6.45, 7) is 3.10. The zero-order valence-electron chi connectivity index (χ0n) is 9.09. The van der Waals surface area contributed by atoms with Crippen LogP contribution in [-0.2, 0) is 6.54 Å². The van der Waals surface area contributed by atoms with Crippen molar-refractivity contribution in [3.8, 4) is 0 Å². The number of likely N-dealkylation sites (tertiary alicyclic amines) is 1. The van der Waals surface area contributed by atoms with Crippen molar-refractivity contribution in [1.82, 2.24) is 4.90 Å². The highest BCUT2D eigenvalue weighted by Crippen LogP contribution is 2.18. The maximum absolute atomic E-state index is 13.2. The van der Waals surface area contributed by atoms with Gasteiger partial charge in [0.15, 0.2) is 0 Å². The average molecular weight is 264 g/mol. The van der Waals surface area contributed by atoms with Crippen molar-refractivity contribution in [1.29, 1.82) is 0 Å². The molecule has 2 rings (SSSR count).